The lowest BCUT2D eigenvalue weighted by Gasteiger charge is -2.12. The largest absolute Gasteiger partial charge is 0.497 e. The van der Waals surface area contributed by atoms with Crippen LogP contribution in [0.3, 0.4) is 0 Å². The molecule has 132 valence electrons. The molecular weight excluding hydrogens is 379 g/mol. The highest BCUT2D eigenvalue weighted by Crippen LogP contribution is 2.32. The highest BCUT2D eigenvalue weighted by Gasteiger charge is 2.31. The van der Waals surface area contributed by atoms with Crippen molar-refractivity contribution in [3.05, 3.63) is 52.7 Å². The highest BCUT2D eigenvalue weighted by molar-refractivity contribution is 7.80. The summed E-state index contributed by atoms with van der Waals surface area (Å²) < 4.78 is 42.7. The molecule has 1 aromatic carbocycles. The fraction of sp³-hybridized carbons (Fsp3) is 0.133. The number of nitrogens with one attached hydrogen (secondary N) is 2. The third-order valence-electron chi connectivity index (χ3n) is 2.98. The molecule has 0 bridgehead atoms. The molecule has 0 saturated carbocycles. The van der Waals surface area contributed by atoms with Crippen molar-refractivity contribution < 1.29 is 22.7 Å². The molecule has 0 saturated heterocycles. The Hall–Kier alpha value is -2.39. The van der Waals surface area contributed by atoms with Gasteiger partial charge in [0.05, 0.1) is 17.7 Å². The van der Waals surface area contributed by atoms with Crippen molar-refractivity contribution in [3.63, 3.8) is 0 Å². The zero-order chi connectivity index (χ0) is 18.6. The van der Waals surface area contributed by atoms with Crippen LogP contribution in [0.4, 0.5) is 19.0 Å². The van der Waals surface area contributed by atoms with Gasteiger partial charge in [-0.1, -0.05) is 11.6 Å². The monoisotopic (exact) mass is 389 g/mol. The van der Waals surface area contributed by atoms with E-state index in [-0.39, 0.29) is 16.0 Å². The van der Waals surface area contributed by atoms with Crippen LogP contribution < -0.4 is 15.4 Å². The summed E-state index contributed by atoms with van der Waals surface area (Å²) in [5.74, 6) is -0.0316. The number of pyridine rings is 1. The van der Waals surface area contributed by atoms with Crippen molar-refractivity contribution in [2.75, 3.05) is 12.4 Å². The van der Waals surface area contributed by atoms with Crippen LogP contribution in [0.2, 0.25) is 5.02 Å². The van der Waals surface area contributed by atoms with Crippen molar-refractivity contribution >= 4 is 40.7 Å². The number of aromatic nitrogens is 1. The molecule has 1 amide bonds. The minimum Gasteiger partial charge on any atom is -0.497 e. The van der Waals surface area contributed by atoms with E-state index in [0.29, 0.717) is 23.6 Å². The predicted octanol–water partition coefficient (Wildman–Crippen LogP) is 3.89. The van der Waals surface area contributed by atoms with Gasteiger partial charge in [-0.2, -0.15) is 13.2 Å². The van der Waals surface area contributed by atoms with Gasteiger partial charge in [-0.25, -0.2) is 4.98 Å². The molecule has 25 heavy (non-hydrogen) atoms. The van der Waals surface area contributed by atoms with Crippen LogP contribution in [0.1, 0.15) is 15.9 Å². The Bertz CT molecular complexity index is 798. The molecule has 0 unspecified atom stereocenters. The SMILES string of the molecule is COc1ccc(C(=O)NC(=S)Nc2ncc(C(F)(F)F)cc2Cl)cc1. The van der Waals surface area contributed by atoms with E-state index < -0.39 is 17.6 Å². The number of thiocarbonyl (C=S) groups is 1. The Kier molecular flexibility index (Phi) is 5.81. The highest BCUT2D eigenvalue weighted by atomic mass is 35.5. The van der Waals surface area contributed by atoms with E-state index >= 15 is 0 Å². The Labute approximate surface area is 151 Å². The van der Waals surface area contributed by atoms with Gasteiger partial charge in [0, 0.05) is 11.8 Å². The molecule has 0 radical (unpaired) electrons. The minimum absolute atomic E-state index is 0.102. The summed E-state index contributed by atoms with van der Waals surface area (Å²) in [6.07, 6.45) is -3.94. The van der Waals surface area contributed by atoms with E-state index in [9.17, 15) is 18.0 Å². The Morgan fingerprint density at radius 3 is 2.44 bits per heavy atom. The predicted molar refractivity (Wildman–Crippen MR) is 90.9 cm³/mol. The van der Waals surface area contributed by atoms with Crippen molar-refractivity contribution in [2.45, 2.75) is 6.18 Å². The third-order valence-corrected chi connectivity index (χ3v) is 3.47. The van der Waals surface area contributed by atoms with Crippen LogP contribution in [0, 0.1) is 0 Å². The van der Waals surface area contributed by atoms with Gasteiger partial charge < -0.3 is 10.1 Å². The van der Waals surface area contributed by atoms with Gasteiger partial charge >= 0.3 is 6.18 Å². The van der Waals surface area contributed by atoms with E-state index in [1.807, 2.05) is 0 Å². The fourth-order valence-electron chi connectivity index (χ4n) is 1.74. The second-order valence-corrected chi connectivity index (χ2v) is 5.50. The number of ether oxygens (including phenoxy) is 1. The van der Waals surface area contributed by atoms with Crippen molar-refractivity contribution in [3.8, 4) is 5.75 Å². The molecule has 2 rings (SSSR count). The second kappa shape index (κ2) is 7.66. The standard InChI is InChI=1S/C15H11ClF3N3O2S/c1-24-10-4-2-8(3-5-10)13(23)22-14(25)21-12-11(16)6-9(7-20-12)15(17,18)19/h2-7H,1H3,(H2,20,21,22,23,25). The molecule has 0 aliphatic rings. The molecule has 1 heterocycles. The third kappa shape index (κ3) is 5.04. The van der Waals surface area contributed by atoms with E-state index in [4.69, 9.17) is 28.6 Å². The summed E-state index contributed by atoms with van der Waals surface area (Å²) in [6.45, 7) is 0. The summed E-state index contributed by atoms with van der Waals surface area (Å²) in [4.78, 5) is 15.6. The van der Waals surface area contributed by atoms with E-state index in [1.54, 1.807) is 12.1 Å². The van der Waals surface area contributed by atoms with E-state index in [0.717, 1.165) is 0 Å². The lowest BCUT2D eigenvalue weighted by Crippen LogP contribution is -2.34. The number of alkyl halides is 3. The van der Waals surface area contributed by atoms with Gasteiger partial charge in [-0.3, -0.25) is 10.1 Å². The average Bonchev–Trinajstić information content (AvgIpc) is 2.55. The number of hydrogen-bond donors (Lipinski definition) is 2. The van der Waals surface area contributed by atoms with E-state index in [2.05, 4.69) is 15.6 Å². The number of amides is 1. The molecule has 0 spiro atoms. The first-order valence-electron chi connectivity index (χ1n) is 6.70. The molecule has 0 aliphatic carbocycles. The van der Waals surface area contributed by atoms with Crippen LogP contribution in [0.25, 0.3) is 0 Å². The first-order valence-corrected chi connectivity index (χ1v) is 7.48. The van der Waals surface area contributed by atoms with Gasteiger partial charge in [0.15, 0.2) is 10.9 Å². The maximum atomic E-state index is 12.6. The number of nitrogens with zero attached hydrogens (tertiary/aromatic N) is 1. The van der Waals surface area contributed by atoms with Crippen LogP contribution >= 0.6 is 23.8 Å². The number of methoxy groups -OCH3 is 1. The zero-order valence-electron chi connectivity index (χ0n) is 12.6. The Balaban J connectivity index is 2.03. The molecule has 0 fully saturated rings. The number of carbonyl (C=O) groups is 1. The molecule has 5 nitrogen and oxygen atoms in total. The zero-order valence-corrected chi connectivity index (χ0v) is 14.2. The van der Waals surface area contributed by atoms with Crippen LogP contribution in [0.5, 0.6) is 5.75 Å². The minimum atomic E-state index is -4.56. The van der Waals surface area contributed by atoms with Crippen LogP contribution in [-0.2, 0) is 6.18 Å². The van der Waals surface area contributed by atoms with Crippen molar-refractivity contribution in [2.24, 2.45) is 0 Å². The first kappa shape index (κ1) is 18.9. The lowest BCUT2D eigenvalue weighted by atomic mass is 10.2. The van der Waals surface area contributed by atoms with Gasteiger partial charge in [0.1, 0.15) is 5.75 Å². The average molecular weight is 390 g/mol. The fourth-order valence-corrected chi connectivity index (χ4v) is 2.14. The maximum Gasteiger partial charge on any atom is 0.417 e. The van der Waals surface area contributed by atoms with Gasteiger partial charge in [0.25, 0.3) is 5.91 Å². The summed E-state index contributed by atoms with van der Waals surface area (Å²) >= 11 is 10.7. The summed E-state index contributed by atoms with van der Waals surface area (Å²) in [5.41, 5.74) is -0.673. The first-order chi connectivity index (χ1) is 11.7. The molecular formula is C15H11ClF3N3O2S. The van der Waals surface area contributed by atoms with Gasteiger partial charge in [-0.05, 0) is 42.5 Å². The molecule has 2 aromatic rings. The van der Waals surface area contributed by atoms with Crippen molar-refractivity contribution in [1.82, 2.24) is 10.3 Å². The van der Waals surface area contributed by atoms with Crippen LogP contribution in [-0.4, -0.2) is 23.1 Å². The number of benzene rings is 1. The molecule has 1 aromatic heterocycles. The molecule has 0 aliphatic heterocycles. The quantitative estimate of drug-likeness (QED) is 0.780. The number of halogens is 4. The van der Waals surface area contributed by atoms with E-state index in [1.165, 1.54) is 19.2 Å². The number of rotatable bonds is 3. The molecule has 2 N–H and O–H groups in total. The topological polar surface area (TPSA) is 63.2 Å². The normalized spacial score (nSPS) is 10.9. The maximum absolute atomic E-state index is 12.6. The Morgan fingerprint density at radius 1 is 1.28 bits per heavy atom. The molecule has 10 heteroatoms. The number of carbonyl (C=O) groups excluding carboxylic acids is 1. The number of anilines is 1. The summed E-state index contributed by atoms with van der Waals surface area (Å²) in [5, 5.41) is 4.41. The smallest absolute Gasteiger partial charge is 0.417 e. The summed E-state index contributed by atoms with van der Waals surface area (Å²) in [7, 11) is 1.49. The second-order valence-electron chi connectivity index (χ2n) is 4.69. The molecule has 0 atom stereocenters. The van der Waals surface area contributed by atoms with Gasteiger partial charge in [0.2, 0.25) is 0 Å². The van der Waals surface area contributed by atoms with Crippen LogP contribution in [0.15, 0.2) is 36.5 Å². The summed E-state index contributed by atoms with van der Waals surface area (Å²) in [6, 6.07) is 6.96. The number of hydrogen-bond acceptors (Lipinski definition) is 4. The Morgan fingerprint density at radius 2 is 1.92 bits per heavy atom. The van der Waals surface area contributed by atoms with Crippen molar-refractivity contribution in [1.29, 1.82) is 0 Å². The van der Waals surface area contributed by atoms with Gasteiger partial charge in [-0.15, -0.1) is 0 Å². The lowest BCUT2D eigenvalue weighted by molar-refractivity contribution is -0.137.